The van der Waals surface area contributed by atoms with E-state index in [1.54, 1.807) is 11.9 Å². The Morgan fingerprint density at radius 2 is 1.75 bits per heavy atom. The summed E-state index contributed by atoms with van der Waals surface area (Å²) in [5.41, 5.74) is 2.94. The van der Waals surface area contributed by atoms with Crippen molar-refractivity contribution in [3.05, 3.63) is 42.1 Å². The quantitative estimate of drug-likeness (QED) is 0.868. The number of hydrogen-bond donors (Lipinski definition) is 1. The van der Waals surface area contributed by atoms with Gasteiger partial charge in [0.1, 0.15) is 11.8 Å². The molecule has 2 aromatic rings. The third-order valence-corrected chi connectivity index (χ3v) is 4.08. The fraction of sp³-hybridized carbons (Fsp3) is 0.312. The number of rotatable bonds is 3. The highest BCUT2D eigenvalue weighted by Gasteiger charge is 2.10. The Hall–Kier alpha value is -1.70. The van der Waals surface area contributed by atoms with Crippen LogP contribution in [0.4, 0.5) is 0 Å². The molecule has 0 bridgehead atoms. The number of nitrogens with one attached hydrogen (secondary N) is 1. The van der Waals surface area contributed by atoms with Crippen LogP contribution >= 0.6 is 11.9 Å². The van der Waals surface area contributed by atoms with E-state index in [2.05, 4.69) is 55.8 Å². The van der Waals surface area contributed by atoms with Crippen molar-refractivity contribution in [3.63, 3.8) is 0 Å². The van der Waals surface area contributed by atoms with E-state index >= 15 is 0 Å². The van der Waals surface area contributed by atoms with E-state index in [0.717, 1.165) is 11.3 Å². The minimum absolute atomic E-state index is 0.0865. The topological polar surface area (TPSA) is 40.8 Å². The highest BCUT2D eigenvalue weighted by molar-refractivity contribution is 7.97. The van der Waals surface area contributed by atoms with Gasteiger partial charge in [0.15, 0.2) is 0 Å². The minimum atomic E-state index is 0.0865. The Bertz CT molecular complexity index is 627. The number of hydrogen-bond acceptors (Lipinski definition) is 3. The van der Waals surface area contributed by atoms with Gasteiger partial charge in [0.2, 0.25) is 0 Å². The van der Waals surface area contributed by atoms with E-state index < -0.39 is 0 Å². The van der Waals surface area contributed by atoms with E-state index in [9.17, 15) is 0 Å². The van der Waals surface area contributed by atoms with Gasteiger partial charge in [-0.1, -0.05) is 12.1 Å². The van der Waals surface area contributed by atoms with Crippen LogP contribution in [0.25, 0.3) is 11.3 Å². The second-order valence-electron chi connectivity index (χ2n) is 5.75. The summed E-state index contributed by atoms with van der Waals surface area (Å²) in [7, 11) is 1.91. The molecule has 4 heteroatoms. The molecule has 0 aliphatic carbocycles. The maximum atomic E-state index is 8.99. The summed E-state index contributed by atoms with van der Waals surface area (Å²) in [6, 6.07) is 14.4. The number of aromatic nitrogens is 1. The van der Waals surface area contributed by atoms with Crippen molar-refractivity contribution in [1.82, 2.24) is 9.29 Å². The van der Waals surface area contributed by atoms with Gasteiger partial charge in [-0.25, -0.2) is 0 Å². The van der Waals surface area contributed by atoms with Gasteiger partial charge in [0.05, 0.1) is 0 Å². The first-order valence-corrected chi connectivity index (χ1v) is 7.32. The fourth-order valence-electron chi connectivity index (χ4n) is 1.82. The van der Waals surface area contributed by atoms with Crippen molar-refractivity contribution < 1.29 is 0 Å². The molecule has 0 aliphatic rings. The van der Waals surface area contributed by atoms with Crippen LogP contribution in [0.1, 0.15) is 26.5 Å². The molecule has 104 valence electrons. The molecule has 0 atom stereocenters. The van der Waals surface area contributed by atoms with Crippen molar-refractivity contribution in [2.24, 2.45) is 7.05 Å². The van der Waals surface area contributed by atoms with Gasteiger partial charge in [-0.3, -0.25) is 4.72 Å². The van der Waals surface area contributed by atoms with Gasteiger partial charge < -0.3 is 4.57 Å². The molecule has 1 heterocycles. The Kier molecular flexibility index (Phi) is 4.22. The lowest BCUT2D eigenvalue weighted by Crippen LogP contribution is -2.29. The van der Waals surface area contributed by atoms with Crippen LogP contribution in [-0.2, 0) is 7.05 Å². The van der Waals surface area contributed by atoms with Gasteiger partial charge >= 0.3 is 0 Å². The maximum absolute atomic E-state index is 8.99. The zero-order valence-electron chi connectivity index (χ0n) is 12.3. The molecule has 0 fully saturated rings. The molecule has 0 radical (unpaired) electrons. The van der Waals surface area contributed by atoms with Crippen molar-refractivity contribution in [3.8, 4) is 17.3 Å². The van der Waals surface area contributed by atoms with E-state index in [1.165, 1.54) is 4.90 Å². The Morgan fingerprint density at radius 1 is 1.10 bits per heavy atom. The molecule has 1 aromatic carbocycles. The third-order valence-electron chi connectivity index (χ3n) is 2.86. The standard InChI is InChI=1S/C16H19N3S/c1-16(2,3)18-20-14-8-5-12(6-9-14)15-10-7-13(11-17)19(15)4/h5-10,18H,1-4H3. The lowest BCUT2D eigenvalue weighted by atomic mass is 10.1. The maximum Gasteiger partial charge on any atom is 0.120 e. The number of nitrogens with zero attached hydrogens (tertiary/aromatic N) is 2. The lowest BCUT2D eigenvalue weighted by molar-refractivity contribution is 0.535. The summed E-state index contributed by atoms with van der Waals surface area (Å²) in [6.07, 6.45) is 0. The minimum Gasteiger partial charge on any atom is -0.335 e. The Labute approximate surface area is 124 Å². The first kappa shape index (κ1) is 14.7. The summed E-state index contributed by atoms with van der Waals surface area (Å²) in [5, 5.41) is 8.99. The van der Waals surface area contributed by atoms with Crippen LogP contribution in [0.5, 0.6) is 0 Å². The number of nitriles is 1. The molecule has 0 amide bonds. The zero-order chi connectivity index (χ0) is 14.8. The summed E-state index contributed by atoms with van der Waals surface area (Å²) >= 11 is 1.64. The Morgan fingerprint density at radius 3 is 2.25 bits per heavy atom. The molecule has 0 saturated carbocycles. The van der Waals surface area contributed by atoms with Crippen molar-refractivity contribution >= 4 is 11.9 Å². The lowest BCUT2D eigenvalue weighted by Gasteiger charge is -2.19. The van der Waals surface area contributed by atoms with E-state index in [1.807, 2.05) is 23.7 Å². The average Bonchev–Trinajstić information content (AvgIpc) is 2.77. The molecule has 0 aliphatic heterocycles. The molecular formula is C16H19N3S. The van der Waals surface area contributed by atoms with E-state index in [4.69, 9.17) is 5.26 Å². The molecule has 1 aromatic heterocycles. The summed E-state index contributed by atoms with van der Waals surface area (Å²) in [6.45, 7) is 6.42. The summed E-state index contributed by atoms with van der Waals surface area (Å²) in [5.74, 6) is 0. The second kappa shape index (κ2) is 5.74. The van der Waals surface area contributed by atoms with Crippen LogP contribution in [0.15, 0.2) is 41.3 Å². The third kappa shape index (κ3) is 3.44. The van der Waals surface area contributed by atoms with Gasteiger partial charge in [0, 0.05) is 23.2 Å². The van der Waals surface area contributed by atoms with Crippen LogP contribution < -0.4 is 4.72 Å². The molecule has 0 spiro atoms. The predicted octanol–water partition coefficient (Wildman–Crippen LogP) is 3.96. The highest BCUT2D eigenvalue weighted by atomic mass is 32.2. The van der Waals surface area contributed by atoms with Crippen LogP contribution in [0, 0.1) is 11.3 Å². The fourth-order valence-corrected chi connectivity index (χ4v) is 2.52. The molecule has 1 N–H and O–H groups in total. The Balaban J connectivity index is 2.16. The van der Waals surface area contributed by atoms with Gasteiger partial charge in [-0.2, -0.15) is 5.26 Å². The molecule has 20 heavy (non-hydrogen) atoms. The monoisotopic (exact) mass is 285 g/mol. The van der Waals surface area contributed by atoms with Gasteiger partial charge in [0.25, 0.3) is 0 Å². The summed E-state index contributed by atoms with van der Waals surface area (Å²) in [4.78, 5) is 1.18. The van der Waals surface area contributed by atoms with E-state index in [0.29, 0.717) is 5.69 Å². The molecule has 3 nitrogen and oxygen atoms in total. The van der Waals surface area contributed by atoms with Crippen LogP contribution in [0.2, 0.25) is 0 Å². The first-order valence-electron chi connectivity index (χ1n) is 6.51. The molecule has 0 unspecified atom stereocenters. The smallest absolute Gasteiger partial charge is 0.120 e. The largest absolute Gasteiger partial charge is 0.335 e. The molecule has 2 rings (SSSR count). The average molecular weight is 285 g/mol. The second-order valence-corrected chi connectivity index (χ2v) is 6.63. The van der Waals surface area contributed by atoms with Crippen molar-refractivity contribution in [2.45, 2.75) is 31.2 Å². The van der Waals surface area contributed by atoms with Crippen LogP contribution in [-0.4, -0.2) is 10.1 Å². The first-order chi connectivity index (χ1) is 9.40. The number of benzene rings is 1. The van der Waals surface area contributed by atoms with Gasteiger partial charge in [-0.05, 0) is 62.5 Å². The van der Waals surface area contributed by atoms with Crippen molar-refractivity contribution in [2.75, 3.05) is 0 Å². The molecular weight excluding hydrogens is 266 g/mol. The van der Waals surface area contributed by atoms with Crippen molar-refractivity contribution in [1.29, 1.82) is 5.26 Å². The highest BCUT2D eigenvalue weighted by Crippen LogP contribution is 2.25. The van der Waals surface area contributed by atoms with Crippen LogP contribution in [0.3, 0.4) is 0 Å². The SMILES string of the molecule is Cn1c(C#N)ccc1-c1ccc(SNC(C)(C)C)cc1. The van der Waals surface area contributed by atoms with Gasteiger partial charge in [-0.15, -0.1) is 0 Å². The summed E-state index contributed by atoms with van der Waals surface area (Å²) < 4.78 is 5.30. The normalized spacial score (nSPS) is 11.3. The zero-order valence-corrected chi connectivity index (χ0v) is 13.1. The molecule has 0 saturated heterocycles. The predicted molar refractivity (Wildman–Crippen MR) is 84.3 cm³/mol. The van der Waals surface area contributed by atoms with E-state index in [-0.39, 0.29) is 5.54 Å².